The van der Waals surface area contributed by atoms with Crippen LogP contribution in [-0.4, -0.2) is 205 Å². The van der Waals surface area contributed by atoms with Crippen LogP contribution in [0, 0.1) is 129 Å². The molecule has 0 saturated carbocycles. The van der Waals surface area contributed by atoms with Crippen molar-refractivity contribution in [3.05, 3.63) is 309 Å². The van der Waals surface area contributed by atoms with Gasteiger partial charge in [-0.3, -0.25) is 109 Å². The molecule has 0 spiro atoms. The van der Waals surface area contributed by atoms with Crippen LogP contribution in [0.5, 0.6) is 69.0 Å². The quantitative estimate of drug-likeness (QED) is 0.00964. The Morgan fingerprint density at radius 2 is 0.734 bits per heavy atom. The van der Waals surface area contributed by atoms with Crippen LogP contribution in [0.3, 0.4) is 0 Å². The molecular formula is C83H53N25O31. The highest BCUT2D eigenvalue weighted by atomic mass is 16.7. The summed E-state index contributed by atoms with van der Waals surface area (Å²) in [5, 5.41) is 247. The summed E-state index contributed by atoms with van der Waals surface area (Å²) in [5.74, 6) is -14.3. The molecule has 139 heavy (non-hydrogen) atoms. The van der Waals surface area contributed by atoms with E-state index in [1.54, 1.807) is 66.8 Å². The lowest BCUT2D eigenvalue weighted by Crippen LogP contribution is -2.28. The number of hydrogen-bond donors (Lipinski definition) is 12. The standard InChI is InChI=1S/C18H11N3O5.C15H11N3O5.C14H8N4O6.C13H10N4O5.C12H7N5O5.C11H6N6O5/c19-10-13(7-11-8-15(21(25)26)17(23)16(22)9-11)18(24)20-6-5-12-3-1-2-4-14(12)20;16-9-11(15(21)17-4-2-1-3-5-17)6-10-7-12(18(22)23)14(20)13(19)8-10;15-7-9(13(21)17-3-1-2-16-14(17)22)4-8-5-10(18(23)24)12(20)11(19)6-8;14-6-9(13(20)16-2-1-15-7-16)3-8-4-10(17(21)22)12(19)11(18)5-8;13-4-8(12(20)16-6-14-5-15-16)1-7-2-9(17(21)22)11(19)10(18)3-7;12-4-7(11(20)16-5-13-14-15-16)1-6-2-8(17(21)22)10(19)9(18)3-6/h1-9,22-23H;2-8,19-20H,1H2;1-6,19-20H;3-5,7,18-19H,1-2H2;1-3,5-6,18-19H;1-3,5,18-19H/b13-7+;11-6+;9-4+;9-3+;8-1+;7-1+. The number of rotatable bonds is 18. The molecule has 2 aliphatic heterocycles. The molecular weight excluding hydrogens is 1840 g/mol. The second kappa shape index (κ2) is 45.8. The van der Waals surface area contributed by atoms with Gasteiger partial charge in [0.2, 0.25) is 34.5 Å². The second-order valence-corrected chi connectivity index (χ2v) is 26.6. The molecule has 11 aromatic rings. The van der Waals surface area contributed by atoms with Crippen LogP contribution in [-0.2, 0) is 9.59 Å². The maximum atomic E-state index is 12.7. The number of carbonyl (C=O) groups is 6. The van der Waals surface area contributed by atoms with Crippen molar-refractivity contribution in [1.29, 1.82) is 31.6 Å². The summed E-state index contributed by atoms with van der Waals surface area (Å²) in [6.07, 6.45) is 21.7. The van der Waals surface area contributed by atoms with Gasteiger partial charge in [0.05, 0.1) is 47.9 Å². The van der Waals surface area contributed by atoms with E-state index < -0.39 is 185 Å². The summed E-state index contributed by atoms with van der Waals surface area (Å²) in [5.41, 5.74) is -6.95. The molecule has 7 aromatic carbocycles. The van der Waals surface area contributed by atoms with Crippen LogP contribution in [0.4, 0.5) is 34.1 Å². The minimum absolute atomic E-state index is 0.00739. The number of tetrazole rings is 1. The van der Waals surface area contributed by atoms with Crippen molar-refractivity contribution in [2.75, 3.05) is 13.1 Å². The number of para-hydroxylation sites is 1. The zero-order valence-electron chi connectivity index (χ0n) is 69.1. The molecule has 696 valence electrons. The van der Waals surface area contributed by atoms with E-state index in [9.17, 15) is 161 Å². The number of phenolic OH excluding ortho intramolecular Hbond substituents is 12. The number of nitro benzene ring substituents is 6. The van der Waals surface area contributed by atoms with Crippen LogP contribution in [0.25, 0.3) is 47.4 Å². The molecule has 0 bridgehead atoms. The van der Waals surface area contributed by atoms with Crippen LogP contribution in [0.15, 0.2) is 215 Å². The van der Waals surface area contributed by atoms with E-state index in [0.29, 0.717) is 34.3 Å². The van der Waals surface area contributed by atoms with Gasteiger partial charge in [-0.1, -0.05) is 30.4 Å². The van der Waals surface area contributed by atoms with E-state index >= 15 is 0 Å². The third-order valence-electron chi connectivity index (χ3n) is 17.6. The van der Waals surface area contributed by atoms with Crippen molar-refractivity contribution in [2.24, 2.45) is 4.99 Å². The maximum absolute atomic E-state index is 12.7. The lowest BCUT2D eigenvalue weighted by Gasteiger charge is -2.15. The van der Waals surface area contributed by atoms with Gasteiger partial charge in [-0.2, -0.15) is 46.0 Å². The van der Waals surface area contributed by atoms with Crippen molar-refractivity contribution in [3.8, 4) is 105 Å². The first-order valence-electron chi connectivity index (χ1n) is 37.3. The van der Waals surface area contributed by atoms with Gasteiger partial charge >= 0.3 is 39.8 Å². The van der Waals surface area contributed by atoms with E-state index in [2.05, 4.69) is 35.6 Å². The Bertz CT molecular complexity index is 7400. The molecule has 0 fully saturated rings. The smallest absolute Gasteiger partial charge is 0.354 e. The van der Waals surface area contributed by atoms with Crippen LogP contribution in [0.2, 0.25) is 0 Å². The van der Waals surface area contributed by atoms with E-state index in [4.69, 9.17) is 26.3 Å². The highest BCUT2D eigenvalue weighted by Gasteiger charge is 2.29. The highest BCUT2D eigenvalue weighted by molar-refractivity contribution is 6.09. The van der Waals surface area contributed by atoms with E-state index in [1.807, 2.05) is 12.1 Å². The number of carbonyl (C=O) groups excluding carboxylic acids is 6. The molecule has 0 aliphatic carbocycles. The molecule has 0 unspecified atom stereocenters. The number of nitro groups is 6. The summed E-state index contributed by atoms with van der Waals surface area (Å²) in [7, 11) is 0. The lowest BCUT2D eigenvalue weighted by atomic mass is 10.1. The largest absolute Gasteiger partial charge is 0.504 e. The predicted molar refractivity (Wildman–Crippen MR) is 466 cm³/mol. The van der Waals surface area contributed by atoms with Crippen molar-refractivity contribution in [1.82, 2.24) is 58.9 Å². The number of amides is 2. The van der Waals surface area contributed by atoms with E-state index in [-0.39, 0.29) is 55.7 Å². The van der Waals surface area contributed by atoms with Crippen LogP contribution >= 0.6 is 0 Å². The van der Waals surface area contributed by atoms with Gasteiger partial charge in [-0.15, -0.1) is 5.10 Å². The zero-order valence-corrected chi connectivity index (χ0v) is 69.1. The monoisotopic (exact) mass is 1900 g/mol. The summed E-state index contributed by atoms with van der Waals surface area (Å²) in [6.45, 7) is 0.786. The number of aliphatic imine (C=N–C) groups is 1. The fourth-order valence-corrected chi connectivity index (χ4v) is 11.2. The molecule has 4 aromatic heterocycles. The minimum Gasteiger partial charge on any atom is -0.504 e. The number of nitriles is 6. The normalized spacial score (nSPS) is 11.9. The van der Waals surface area contributed by atoms with Gasteiger partial charge in [0.1, 0.15) is 88.8 Å². The minimum atomic E-state index is -0.995. The fourth-order valence-electron chi connectivity index (χ4n) is 11.2. The number of aromatic hydroxyl groups is 12. The average molecular weight is 1900 g/mol. The Balaban J connectivity index is 0.000000205. The number of allylic oxidation sites excluding steroid dienone is 6. The van der Waals surface area contributed by atoms with Crippen molar-refractivity contribution in [2.45, 2.75) is 6.42 Å². The summed E-state index contributed by atoms with van der Waals surface area (Å²) >= 11 is 0. The SMILES string of the molecule is N#C/C(=C\c1cc(O)c(O)c([N+](=O)[O-])c1)C(=O)N1C=CCC=C1.N#C/C(=C\c1cc(O)c(O)c([N+](=O)[O-])c1)C(=O)N1C=NCC1.N#C/C(=C\c1cc(O)c(O)c([N+](=O)[O-])c1)C(=O)n1ccc2ccccc21.N#C/C(=C\c1cc(O)c(O)c([N+](=O)[O-])c1)C(=O)n1cccnc1=O.N#C/C(=C\c1cc(O)c(O)c([N+](=O)[O-])c1)C(=O)n1cncn1.N#C/C(=C\c1cc(O)c(O)c([N+](=O)[O-])c1)C(=O)n1cnnn1. The van der Waals surface area contributed by atoms with Crippen LogP contribution in [0.1, 0.15) is 59.0 Å². The number of nitrogens with zero attached hydrogens (tertiary/aromatic N) is 25. The Labute approximate surface area is 769 Å². The molecule has 2 amide bonds. The predicted octanol–water partition coefficient (Wildman–Crippen LogP) is 8.06. The molecule has 0 atom stereocenters. The first-order chi connectivity index (χ1) is 66.0. The van der Waals surface area contributed by atoms with Gasteiger partial charge < -0.3 is 61.3 Å². The van der Waals surface area contributed by atoms with Gasteiger partial charge in [-0.05, 0) is 141 Å². The van der Waals surface area contributed by atoms with Gasteiger partial charge in [0.15, 0.2) is 34.5 Å². The Hall–Kier alpha value is -22.7. The third-order valence-corrected chi connectivity index (χ3v) is 17.6. The Morgan fingerprint density at radius 1 is 0.396 bits per heavy atom. The van der Waals surface area contributed by atoms with Gasteiger partial charge in [0.25, 0.3) is 35.4 Å². The van der Waals surface area contributed by atoms with Crippen molar-refractivity contribution < 1.29 is 120 Å². The highest BCUT2D eigenvalue weighted by Crippen LogP contribution is 2.43. The molecule has 56 nitrogen and oxygen atoms in total. The molecule has 0 radical (unpaired) electrons. The van der Waals surface area contributed by atoms with Crippen molar-refractivity contribution in [3.63, 3.8) is 0 Å². The van der Waals surface area contributed by atoms with Crippen molar-refractivity contribution >= 4 is 123 Å². The average Bonchev–Trinajstić information content (AvgIpc) is 1.68. The summed E-state index contributed by atoms with van der Waals surface area (Å²) in [4.78, 5) is 157. The van der Waals surface area contributed by atoms with E-state index in [0.717, 1.165) is 144 Å². The molecule has 6 heterocycles. The zero-order chi connectivity index (χ0) is 103. The summed E-state index contributed by atoms with van der Waals surface area (Å²) < 4.78 is 3.39. The third kappa shape index (κ3) is 25.4. The lowest BCUT2D eigenvalue weighted by molar-refractivity contribution is -0.386. The topological polar surface area (TPSA) is 880 Å². The molecule has 13 rings (SSSR count). The number of hydrogen-bond acceptors (Lipinski definition) is 44. The number of phenols is 12. The second-order valence-electron chi connectivity index (χ2n) is 26.6. The number of fused-ring (bicyclic) bond motifs is 1. The Morgan fingerprint density at radius 3 is 1.05 bits per heavy atom. The first-order valence-corrected chi connectivity index (χ1v) is 37.3. The molecule has 56 heteroatoms. The molecule has 12 N–H and O–H groups in total. The van der Waals surface area contributed by atoms with Gasteiger partial charge in [0, 0.05) is 79.3 Å². The van der Waals surface area contributed by atoms with Gasteiger partial charge in [-0.25, -0.2) is 19.3 Å². The number of aromatic nitrogens is 10. The first kappa shape index (κ1) is 102. The maximum Gasteiger partial charge on any atom is 0.354 e. The summed E-state index contributed by atoms with van der Waals surface area (Å²) in [6, 6.07) is 31.6. The number of benzene rings is 7. The van der Waals surface area contributed by atoms with Crippen LogP contribution < -0.4 is 5.69 Å². The fraction of sp³-hybridized carbons (Fsp3) is 0.0361. The molecule has 2 aliphatic rings. The molecule has 0 saturated heterocycles. The Kier molecular flexibility index (Phi) is 33.5. The van der Waals surface area contributed by atoms with E-state index in [1.165, 1.54) is 51.6 Å².